The number of rotatable bonds is 10. The number of para-hydroxylation sites is 1. The highest BCUT2D eigenvalue weighted by atomic mass is 32.2. The summed E-state index contributed by atoms with van der Waals surface area (Å²) in [7, 11) is -3.87. The van der Waals surface area contributed by atoms with Crippen LogP contribution in [0.2, 0.25) is 0 Å². The van der Waals surface area contributed by atoms with Gasteiger partial charge in [0.25, 0.3) is 0 Å². The Labute approximate surface area is 285 Å². The monoisotopic (exact) mass is 687 g/mol. The average molecular weight is 688 g/mol. The van der Waals surface area contributed by atoms with Gasteiger partial charge in [-0.05, 0) is 75.9 Å². The Bertz CT molecular complexity index is 2060. The van der Waals surface area contributed by atoms with Crippen molar-refractivity contribution in [3.05, 3.63) is 99.0 Å². The predicted octanol–water partition coefficient (Wildman–Crippen LogP) is 6.79. The van der Waals surface area contributed by atoms with Gasteiger partial charge in [0.2, 0.25) is 10.0 Å². The van der Waals surface area contributed by atoms with Gasteiger partial charge < -0.3 is 9.47 Å². The molecule has 2 aromatic heterocycles. The molecule has 0 amide bonds. The zero-order valence-corrected chi connectivity index (χ0v) is 29.8. The van der Waals surface area contributed by atoms with Gasteiger partial charge in [0.15, 0.2) is 0 Å². The maximum Gasteiger partial charge on any atom is 0.312 e. The van der Waals surface area contributed by atoms with Gasteiger partial charge in [0.05, 0.1) is 35.6 Å². The van der Waals surface area contributed by atoms with Crippen LogP contribution in [0.3, 0.4) is 0 Å². The van der Waals surface area contributed by atoms with Gasteiger partial charge in [-0.2, -0.15) is 4.31 Å². The van der Waals surface area contributed by atoms with Crippen molar-refractivity contribution in [1.82, 2.24) is 24.3 Å². The number of aryl methyl sites for hydroxylation is 3. The Morgan fingerprint density at radius 2 is 1.79 bits per heavy atom. The molecule has 0 saturated heterocycles. The Hall–Kier alpha value is -4.13. The number of nitrogens with zero attached hydrogens (tertiary/aromatic N) is 5. The first-order chi connectivity index (χ1) is 22.9. The third kappa shape index (κ3) is 6.24. The summed E-state index contributed by atoms with van der Waals surface area (Å²) in [6, 6.07) is 20.4. The fourth-order valence-electron chi connectivity index (χ4n) is 6.28. The number of fused-ring (bicyclic) bond motifs is 2. The number of esters is 1. The van der Waals surface area contributed by atoms with Crippen molar-refractivity contribution >= 4 is 38.4 Å². The lowest BCUT2D eigenvalue weighted by molar-refractivity contribution is -0.156. The molecule has 5 aromatic rings. The van der Waals surface area contributed by atoms with Crippen molar-refractivity contribution in [3.63, 3.8) is 0 Å². The number of aromatic nitrogens is 4. The van der Waals surface area contributed by atoms with E-state index in [-0.39, 0.29) is 36.7 Å². The lowest BCUT2D eigenvalue weighted by Gasteiger charge is -2.32. The molecule has 0 N–H and O–H groups in total. The SMILES string of the molecule is CC[C@@H]1CN(Cc2nc([C@@H](c3ccc4c(nnn4CC)c3C)C(C)(C)C(=O)OCc3ccccc3)sc2C)S(=O)(=O)c2ccccc2O1. The normalized spacial score (nSPS) is 17.0. The molecule has 48 heavy (non-hydrogen) atoms. The predicted molar refractivity (Wildman–Crippen MR) is 185 cm³/mol. The smallest absolute Gasteiger partial charge is 0.312 e. The van der Waals surface area contributed by atoms with Crippen LogP contribution >= 0.6 is 11.3 Å². The van der Waals surface area contributed by atoms with E-state index >= 15 is 0 Å². The van der Waals surface area contributed by atoms with Gasteiger partial charge >= 0.3 is 5.97 Å². The van der Waals surface area contributed by atoms with Gasteiger partial charge in [0, 0.05) is 11.4 Å². The van der Waals surface area contributed by atoms with Crippen LogP contribution in [0.4, 0.5) is 0 Å². The van der Waals surface area contributed by atoms with Crippen LogP contribution in [0.25, 0.3) is 11.0 Å². The fourth-order valence-corrected chi connectivity index (χ4v) is 9.07. The first-order valence-corrected chi connectivity index (χ1v) is 18.5. The van der Waals surface area contributed by atoms with Crippen molar-refractivity contribution in [2.24, 2.45) is 5.41 Å². The highest BCUT2D eigenvalue weighted by Crippen LogP contribution is 2.46. The van der Waals surface area contributed by atoms with Crippen LogP contribution < -0.4 is 4.74 Å². The maximum atomic E-state index is 14.0. The molecule has 1 aliphatic heterocycles. The molecule has 0 spiro atoms. The molecular weight excluding hydrogens is 647 g/mol. The van der Waals surface area contributed by atoms with E-state index < -0.39 is 21.4 Å². The Kier molecular flexibility index (Phi) is 9.43. The zero-order chi connectivity index (χ0) is 34.2. The molecule has 0 bridgehead atoms. The van der Waals surface area contributed by atoms with Crippen molar-refractivity contribution in [1.29, 1.82) is 0 Å². The molecule has 6 rings (SSSR count). The van der Waals surface area contributed by atoms with Crippen LogP contribution in [0.15, 0.2) is 71.6 Å². The van der Waals surface area contributed by atoms with Crippen molar-refractivity contribution < 1.29 is 22.7 Å². The van der Waals surface area contributed by atoms with E-state index in [2.05, 4.69) is 10.3 Å². The number of benzene rings is 3. The van der Waals surface area contributed by atoms with Gasteiger partial charge in [-0.15, -0.1) is 16.4 Å². The molecule has 0 unspecified atom stereocenters. The number of carbonyl (C=O) groups is 1. The number of thiazole rings is 1. The third-order valence-corrected chi connectivity index (χ3v) is 12.1. The van der Waals surface area contributed by atoms with E-state index in [4.69, 9.17) is 14.5 Å². The molecule has 3 aromatic carbocycles. The highest BCUT2D eigenvalue weighted by molar-refractivity contribution is 7.89. The molecule has 0 aliphatic carbocycles. The minimum atomic E-state index is -3.87. The minimum Gasteiger partial charge on any atom is -0.488 e. The van der Waals surface area contributed by atoms with Gasteiger partial charge in [0.1, 0.15) is 33.9 Å². The van der Waals surface area contributed by atoms with E-state index in [0.29, 0.717) is 29.4 Å². The van der Waals surface area contributed by atoms with Crippen LogP contribution in [0, 0.1) is 19.3 Å². The van der Waals surface area contributed by atoms with Gasteiger partial charge in [-0.1, -0.05) is 60.7 Å². The third-order valence-electron chi connectivity index (χ3n) is 9.16. The summed E-state index contributed by atoms with van der Waals surface area (Å²) < 4.78 is 43.2. The van der Waals surface area contributed by atoms with Gasteiger partial charge in [-0.3, -0.25) is 4.79 Å². The second-order valence-electron chi connectivity index (χ2n) is 12.7. The van der Waals surface area contributed by atoms with Crippen molar-refractivity contribution in [3.8, 4) is 5.75 Å². The number of hydrogen-bond acceptors (Lipinski definition) is 9. The summed E-state index contributed by atoms with van der Waals surface area (Å²) in [6.07, 6.45) is 0.340. The van der Waals surface area contributed by atoms with E-state index in [1.807, 2.05) is 88.7 Å². The molecule has 0 fully saturated rings. The second kappa shape index (κ2) is 13.4. The molecule has 3 heterocycles. The van der Waals surface area contributed by atoms with Crippen molar-refractivity contribution in [2.75, 3.05) is 6.54 Å². The summed E-state index contributed by atoms with van der Waals surface area (Å²) in [5.41, 5.74) is 3.97. The van der Waals surface area contributed by atoms with Crippen LogP contribution in [-0.2, 0) is 39.3 Å². The Balaban J connectivity index is 1.41. The molecule has 0 saturated carbocycles. The molecule has 2 atom stereocenters. The fraction of sp³-hybridized carbons (Fsp3) is 0.389. The van der Waals surface area contributed by atoms with E-state index in [1.54, 1.807) is 24.3 Å². The molecule has 0 radical (unpaired) electrons. The lowest BCUT2D eigenvalue weighted by Crippen LogP contribution is -2.36. The maximum absolute atomic E-state index is 14.0. The van der Waals surface area contributed by atoms with Crippen LogP contribution in [-0.4, -0.2) is 51.3 Å². The van der Waals surface area contributed by atoms with E-state index in [1.165, 1.54) is 15.6 Å². The van der Waals surface area contributed by atoms with Gasteiger partial charge in [-0.25, -0.2) is 18.1 Å². The highest BCUT2D eigenvalue weighted by Gasteiger charge is 2.44. The van der Waals surface area contributed by atoms with Crippen molar-refractivity contribution in [2.45, 2.75) is 84.6 Å². The van der Waals surface area contributed by atoms with Crippen LogP contribution in [0.1, 0.15) is 72.3 Å². The number of ether oxygens (including phenoxy) is 2. The summed E-state index contributed by atoms with van der Waals surface area (Å²) in [4.78, 5) is 20.1. The zero-order valence-electron chi connectivity index (χ0n) is 28.1. The van der Waals surface area contributed by atoms with Crippen LogP contribution in [0.5, 0.6) is 5.75 Å². The second-order valence-corrected chi connectivity index (χ2v) is 15.9. The number of sulfonamides is 1. The summed E-state index contributed by atoms with van der Waals surface area (Å²) in [5, 5.41) is 9.51. The quantitative estimate of drug-likeness (QED) is 0.148. The molecule has 12 heteroatoms. The summed E-state index contributed by atoms with van der Waals surface area (Å²) in [5.74, 6) is -0.510. The summed E-state index contributed by atoms with van der Waals surface area (Å²) >= 11 is 1.47. The molecule has 252 valence electrons. The Morgan fingerprint density at radius 3 is 2.52 bits per heavy atom. The Morgan fingerprint density at radius 1 is 1.06 bits per heavy atom. The first-order valence-electron chi connectivity index (χ1n) is 16.2. The molecular formula is C36H41N5O5S2. The van der Waals surface area contributed by atoms with E-state index in [0.717, 1.165) is 32.6 Å². The first kappa shape index (κ1) is 33.8. The lowest BCUT2D eigenvalue weighted by atomic mass is 9.73. The average Bonchev–Trinajstić information content (AvgIpc) is 3.64. The summed E-state index contributed by atoms with van der Waals surface area (Å²) in [6.45, 7) is 12.8. The van der Waals surface area contributed by atoms with E-state index in [9.17, 15) is 13.2 Å². The molecule has 1 aliphatic rings. The minimum absolute atomic E-state index is 0.0767. The number of hydrogen-bond donors (Lipinski definition) is 0. The largest absolute Gasteiger partial charge is 0.488 e. The topological polar surface area (TPSA) is 117 Å². The number of carbonyl (C=O) groups excluding carboxylic acids is 1. The standard InChI is InChI=1S/C36H41N5O5S2/c1-7-26-20-40(48(43,44)31-17-13-12-16-30(31)46-26)21-28-24(4)47-34(37-28)32(27-18-19-29-33(23(27)3)38-39-41(29)8-2)36(5,6)35(42)45-22-25-14-10-9-11-15-25/h9-19,26,32H,7-8,20-22H2,1-6H3/t26-,32-/m1/s1. The molecule has 10 nitrogen and oxygen atoms in total.